The Morgan fingerprint density at radius 1 is 1.55 bits per heavy atom. The van der Waals surface area contributed by atoms with Gasteiger partial charge in [0.25, 0.3) is 0 Å². The van der Waals surface area contributed by atoms with E-state index < -0.39 is 12.0 Å². The van der Waals surface area contributed by atoms with Crippen molar-refractivity contribution in [3.63, 3.8) is 0 Å². The maximum absolute atomic E-state index is 11.5. The number of carboxylic acids is 1. The zero-order chi connectivity index (χ0) is 14.7. The number of carbonyl (C=O) groups is 1. The Balaban J connectivity index is 2.22. The average molecular weight is 295 g/mol. The summed E-state index contributed by atoms with van der Waals surface area (Å²) in [6.07, 6.45) is 1.76. The molecule has 0 spiro atoms. The van der Waals surface area contributed by atoms with Crippen LogP contribution in [0.3, 0.4) is 0 Å². The predicted octanol–water partition coefficient (Wildman–Crippen LogP) is 1.73. The van der Waals surface area contributed by atoms with Gasteiger partial charge in [0.1, 0.15) is 6.04 Å². The number of aryl methyl sites for hydroxylation is 1. The van der Waals surface area contributed by atoms with E-state index in [2.05, 4.69) is 10.3 Å². The first-order valence-corrected chi connectivity index (χ1v) is 6.39. The second kappa shape index (κ2) is 6.02. The van der Waals surface area contributed by atoms with Crippen LogP contribution >= 0.6 is 11.6 Å². The molecule has 106 valence electrons. The number of aliphatic carboxylic acids is 1. The number of hydrogen-bond donors (Lipinski definition) is 1. The van der Waals surface area contributed by atoms with Gasteiger partial charge in [-0.3, -0.25) is 14.4 Å². The fourth-order valence-corrected chi connectivity index (χ4v) is 2.28. The van der Waals surface area contributed by atoms with Gasteiger partial charge >= 0.3 is 5.97 Å². The first-order valence-electron chi connectivity index (χ1n) is 6.01. The van der Waals surface area contributed by atoms with Gasteiger partial charge in [0.05, 0.1) is 5.69 Å². The van der Waals surface area contributed by atoms with Crippen molar-refractivity contribution in [1.82, 2.24) is 19.9 Å². The van der Waals surface area contributed by atoms with Gasteiger partial charge in [-0.25, -0.2) is 0 Å². The highest BCUT2D eigenvalue weighted by Gasteiger charge is 2.25. The minimum atomic E-state index is -0.932. The van der Waals surface area contributed by atoms with E-state index in [1.165, 1.54) is 0 Å². The van der Waals surface area contributed by atoms with Crippen molar-refractivity contribution in [1.29, 1.82) is 0 Å². The minimum absolute atomic E-state index is 0.386. The molecule has 0 fully saturated rings. The number of likely N-dealkylation sites (N-methyl/N-ethyl adjacent to an activating group) is 1. The molecule has 1 aromatic heterocycles. The smallest absolute Gasteiger partial charge is 0.325 e. The van der Waals surface area contributed by atoms with E-state index in [4.69, 9.17) is 11.6 Å². The molecular weight excluding hydrogens is 280 g/mol. The number of nitrogens with zero attached hydrogens (tertiary/aromatic N) is 4. The molecule has 0 radical (unpaired) electrons. The zero-order valence-corrected chi connectivity index (χ0v) is 11.9. The molecule has 0 aliphatic heterocycles. The summed E-state index contributed by atoms with van der Waals surface area (Å²) < 4.78 is 1.58. The van der Waals surface area contributed by atoms with E-state index in [1.807, 2.05) is 0 Å². The standard InChI is InChI=1S/C13H15ClN4O2/c1-17(7-11-8-18(2)16-15-11)12(13(19)20)9-4-3-5-10(14)6-9/h3-6,8,12H,7H2,1-2H3,(H,19,20). The van der Waals surface area contributed by atoms with Gasteiger partial charge in [0.2, 0.25) is 0 Å². The van der Waals surface area contributed by atoms with Crippen LogP contribution in [-0.4, -0.2) is 38.0 Å². The highest BCUT2D eigenvalue weighted by molar-refractivity contribution is 6.30. The number of halogens is 1. The van der Waals surface area contributed by atoms with E-state index in [0.717, 1.165) is 0 Å². The highest BCUT2D eigenvalue weighted by Crippen LogP contribution is 2.23. The van der Waals surface area contributed by atoms with Crippen LogP contribution in [0.15, 0.2) is 30.5 Å². The largest absolute Gasteiger partial charge is 0.480 e. The fraction of sp³-hybridized carbons (Fsp3) is 0.308. The molecular formula is C13H15ClN4O2. The van der Waals surface area contributed by atoms with Crippen molar-refractivity contribution in [3.05, 3.63) is 46.7 Å². The fourth-order valence-electron chi connectivity index (χ4n) is 2.08. The third-order valence-corrected chi connectivity index (χ3v) is 3.14. The van der Waals surface area contributed by atoms with Crippen molar-refractivity contribution in [2.75, 3.05) is 7.05 Å². The van der Waals surface area contributed by atoms with Crippen LogP contribution in [0.5, 0.6) is 0 Å². The molecule has 1 heterocycles. The zero-order valence-electron chi connectivity index (χ0n) is 11.2. The third kappa shape index (κ3) is 3.34. The molecule has 6 nitrogen and oxygen atoms in total. The summed E-state index contributed by atoms with van der Waals surface area (Å²) >= 11 is 5.92. The van der Waals surface area contributed by atoms with Crippen LogP contribution in [0, 0.1) is 0 Å². The summed E-state index contributed by atoms with van der Waals surface area (Å²) in [6, 6.07) is 6.08. The normalized spacial score (nSPS) is 12.6. The lowest BCUT2D eigenvalue weighted by atomic mass is 10.1. The van der Waals surface area contributed by atoms with Crippen molar-refractivity contribution >= 4 is 17.6 Å². The molecule has 0 aliphatic rings. The van der Waals surface area contributed by atoms with Crippen molar-refractivity contribution in [3.8, 4) is 0 Å². The molecule has 7 heteroatoms. The van der Waals surface area contributed by atoms with Gasteiger partial charge in [-0.1, -0.05) is 28.9 Å². The SMILES string of the molecule is CN(Cc1cn(C)nn1)C(C(=O)O)c1cccc(Cl)c1. The quantitative estimate of drug-likeness (QED) is 0.909. The van der Waals surface area contributed by atoms with Crippen LogP contribution in [0.25, 0.3) is 0 Å². The monoisotopic (exact) mass is 294 g/mol. The molecule has 1 atom stereocenters. The highest BCUT2D eigenvalue weighted by atomic mass is 35.5. The summed E-state index contributed by atoms with van der Waals surface area (Å²) in [5.41, 5.74) is 1.35. The Hall–Kier alpha value is -1.92. The number of carboxylic acid groups (broad SMARTS) is 1. The summed E-state index contributed by atoms with van der Waals surface area (Å²) in [4.78, 5) is 13.2. The first-order chi connectivity index (χ1) is 9.47. The minimum Gasteiger partial charge on any atom is -0.480 e. The van der Waals surface area contributed by atoms with E-state index in [0.29, 0.717) is 22.8 Å². The van der Waals surface area contributed by atoms with Crippen LogP contribution in [0.2, 0.25) is 5.02 Å². The lowest BCUT2D eigenvalue weighted by molar-refractivity contribution is -0.143. The van der Waals surface area contributed by atoms with E-state index >= 15 is 0 Å². The summed E-state index contributed by atoms with van der Waals surface area (Å²) in [5, 5.41) is 17.8. The number of aromatic nitrogens is 3. The van der Waals surface area contributed by atoms with E-state index in [9.17, 15) is 9.90 Å². The number of benzene rings is 1. The molecule has 1 unspecified atom stereocenters. The molecule has 1 aromatic carbocycles. The second-order valence-corrected chi connectivity index (χ2v) is 5.03. The lowest BCUT2D eigenvalue weighted by Gasteiger charge is -2.24. The topological polar surface area (TPSA) is 71.2 Å². The van der Waals surface area contributed by atoms with Gasteiger partial charge in [-0.15, -0.1) is 5.10 Å². The first kappa shape index (κ1) is 14.5. The second-order valence-electron chi connectivity index (χ2n) is 4.59. The Kier molecular flexibility index (Phi) is 4.36. The molecule has 0 saturated heterocycles. The molecule has 1 N–H and O–H groups in total. The van der Waals surface area contributed by atoms with Gasteiger partial charge in [0.15, 0.2) is 0 Å². The van der Waals surface area contributed by atoms with Crippen molar-refractivity contribution in [2.45, 2.75) is 12.6 Å². The Morgan fingerprint density at radius 3 is 2.85 bits per heavy atom. The van der Waals surface area contributed by atoms with Crippen LogP contribution in [0.1, 0.15) is 17.3 Å². The Bertz CT molecular complexity index is 614. The average Bonchev–Trinajstić information content (AvgIpc) is 2.74. The Labute approximate surface area is 121 Å². The predicted molar refractivity (Wildman–Crippen MR) is 74.3 cm³/mol. The van der Waals surface area contributed by atoms with Gasteiger partial charge in [-0.05, 0) is 24.7 Å². The summed E-state index contributed by atoms with van der Waals surface area (Å²) in [7, 11) is 3.50. The maximum atomic E-state index is 11.5. The molecule has 0 bridgehead atoms. The van der Waals surface area contributed by atoms with Crippen LogP contribution in [0.4, 0.5) is 0 Å². The summed E-state index contributed by atoms with van der Waals surface area (Å²) in [6.45, 7) is 0.386. The molecule has 20 heavy (non-hydrogen) atoms. The molecule has 2 rings (SSSR count). The lowest BCUT2D eigenvalue weighted by Crippen LogP contribution is -2.30. The van der Waals surface area contributed by atoms with Crippen molar-refractivity contribution < 1.29 is 9.90 Å². The van der Waals surface area contributed by atoms with Gasteiger partial charge in [-0.2, -0.15) is 0 Å². The van der Waals surface area contributed by atoms with E-state index in [-0.39, 0.29) is 0 Å². The van der Waals surface area contributed by atoms with Crippen LogP contribution in [-0.2, 0) is 18.4 Å². The van der Waals surface area contributed by atoms with Gasteiger partial charge < -0.3 is 5.11 Å². The van der Waals surface area contributed by atoms with Gasteiger partial charge in [0, 0.05) is 24.8 Å². The summed E-state index contributed by atoms with van der Waals surface area (Å²) in [5.74, 6) is -0.932. The van der Waals surface area contributed by atoms with Crippen molar-refractivity contribution in [2.24, 2.45) is 7.05 Å². The van der Waals surface area contributed by atoms with E-state index in [1.54, 1.807) is 54.1 Å². The maximum Gasteiger partial charge on any atom is 0.325 e. The molecule has 0 amide bonds. The number of hydrogen-bond acceptors (Lipinski definition) is 4. The molecule has 0 aliphatic carbocycles. The third-order valence-electron chi connectivity index (χ3n) is 2.90. The van der Waals surface area contributed by atoms with Crippen LogP contribution < -0.4 is 0 Å². The number of rotatable bonds is 5. The molecule has 2 aromatic rings. The molecule has 0 saturated carbocycles. The Morgan fingerprint density at radius 2 is 2.30 bits per heavy atom.